The summed E-state index contributed by atoms with van der Waals surface area (Å²) in [4.78, 5) is 32.9. The molecule has 0 spiro atoms. The minimum absolute atomic E-state index is 0.00372. The van der Waals surface area contributed by atoms with E-state index in [2.05, 4.69) is 20.6 Å². The number of esters is 1. The molecule has 0 saturated heterocycles. The lowest BCUT2D eigenvalue weighted by Crippen LogP contribution is -2.47. The summed E-state index contributed by atoms with van der Waals surface area (Å²) in [6.45, 7) is 0. The summed E-state index contributed by atoms with van der Waals surface area (Å²) in [5.74, 6) is -1.72. The zero-order valence-electron chi connectivity index (χ0n) is 16.2. The fourth-order valence-corrected chi connectivity index (χ4v) is 5.14. The standard InChI is InChI=1S/C21H22FN5O3/c22-14-9-24-21-25-12-3-1-2-10(6-12)4-5-16(28)30-15-8-11-7-13(15)18(17(11)19(23)29)26-20(14)27-21/h1-3,6,9,11,13,15,17-18H,4-5,7-8H2,(H2,23,29)(H2,24,25,26,27)/t11-,13+,15+,17-,18+/m0/s1. The first-order valence-corrected chi connectivity index (χ1v) is 10.1. The predicted molar refractivity (Wildman–Crippen MR) is 106 cm³/mol. The molecule has 1 amide bonds. The number of benzene rings is 1. The molecule has 2 heterocycles. The lowest BCUT2D eigenvalue weighted by Gasteiger charge is -2.34. The van der Waals surface area contributed by atoms with Crippen LogP contribution in [0.15, 0.2) is 30.5 Å². The molecule has 2 saturated carbocycles. The summed E-state index contributed by atoms with van der Waals surface area (Å²) >= 11 is 0. The van der Waals surface area contributed by atoms with Crippen molar-refractivity contribution in [2.45, 2.75) is 37.8 Å². The molecule has 5 atom stereocenters. The summed E-state index contributed by atoms with van der Waals surface area (Å²) in [5, 5.41) is 6.14. The fourth-order valence-electron chi connectivity index (χ4n) is 5.14. The van der Waals surface area contributed by atoms with Gasteiger partial charge in [0, 0.05) is 24.1 Å². The van der Waals surface area contributed by atoms with E-state index in [0.29, 0.717) is 19.3 Å². The van der Waals surface area contributed by atoms with Gasteiger partial charge < -0.3 is 21.1 Å². The number of nitrogens with zero attached hydrogens (tertiary/aromatic N) is 2. The first-order chi connectivity index (χ1) is 14.5. The molecule has 9 heteroatoms. The lowest BCUT2D eigenvalue weighted by molar-refractivity contribution is -0.152. The van der Waals surface area contributed by atoms with Gasteiger partial charge in [0.2, 0.25) is 11.9 Å². The van der Waals surface area contributed by atoms with Crippen LogP contribution in [0.1, 0.15) is 24.8 Å². The van der Waals surface area contributed by atoms with Crippen molar-refractivity contribution in [3.8, 4) is 0 Å². The molecule has 5 rings (SSSR count). The van der Waals surface area contributed by atoms with Crippen molar-refractivity contribution in [3.05, 3.63) is 41.8 Å². The normalized spacial score (nSPS) is 29.8. The summed E-state index contributed by atoms with van der Waals surface area (Å²) in [6, 6.07) is 7.07. The van der Waals surface area contributed by atoms with Crippen LogP contribution in [0.5, 0.6) is 0 Å². The van der Waals surface area contributed by atoms with E-state index in [1.165, 1.54) is 0 Å². The number of fused-ring (bicyclic) bond motifs is 5. The number of primary amides is 1. The number of carbonyl (C=O) groups excluding carboxylic acids is 2. The molecular weight excluding hydrogens is 389 g/mol. The topological polar surface area (TPSA) is 119 Å². The predicted octanol–water partition coefficient (Wildman–Crippen LogP) is 2.14. The summed E-state index contributed by atoms with van der Waals surface area (Å²) in [7, 11) is 0. The average Bonchev–Trinajstić information content (AvgIpc) is 3.26. The number of carbonyl (C=O) groups is 2. The Labute approximate surface area is 172 Å². The van der Waals surface area contributed by atoms with Gasteiger partial charge in [0.15, 0.2) is 11.6 Å². The summed E-state index contributed by atoms with van der Waals surface area (Å²) in [5.41, 5.74) is 7.35. The number of amides is 1. The first-order valence-electron chi connectivity index (χ1n) is 10.1. The van der Waals surface area contributed by atoms with E-state index in [0.717, 1.165) is 17.4 Å². The van der Waals surface area contributed by atoms with Crippen molar-refractivity contribution in [2.24, 2.45) is 23.5 Å². The highest BCUT2D eigenvalue weighted by Gasteiger charge is 2.56. The minimum atomic E-state index is -0.627. The molecule has 4 N–H and O–H groups in total. The third-order valence-electron chi connectivity index (χ3n) is 6.40. The Kier molecular flexibility index (Phi) is 4.52. The minimum Gasteiger partial charge on any atom is -0.462 e. The van der Waals surface area contributed by atoms with Crippen LogP contribution in [-0.4, -0.2) is 34.0 Å². The molecule has 0 radical (unpaired) electrons. The number of nitrogens with two attached hydrogens (primary N) is 1. The molecule has 0 unspecified atom stereocenters. The van der Waals surface area contributed by atoms with Gasteiger partial charge in [0.25, 0.3) is 0 Å². The van der Waals surface area contributed by atoms with E-state index in [9.17, 15) is 14.0 Å². The molecule has 6 bridgehead atoms. The summed E-state index contributed by atoms with van der Waals surface area (Å²) in [6.07, 6.45) is 2.85. The van der Waals surface area contributed by atoms with Gasteiger partial charge in [0.1, 0.15) is 6.10 Å². The Morgan fingerprint density at radius 1 is 1.27 bits per heavy atom. The third-order valence-corrected chi connectivity index (χ3v) is 6.40. The molecule has 156 valence electrons. The number of aryl methyl sites for hydroxylation is 1. The molecule has 8 nitrogen and oxygen atoms in total. The quantitative estimate of drug-likeness (QED) is 0.615. The zero-order chi connectivity index (χ0) is 20.8. The van der Waals surface area contributed by atoms with E-state index >= 15 is 0 Å². The van der Waals surface area contributed by atoms with Crippen LogP contribution in [0, 0.1) is 23.6 Å². The largest absolute Gasteiger partial charge is 0.462 e. The number of nitrogens with one attached hydrogen (secondary N) is 2. The van der Waals surface area contributed by atoms with Crippen molar-refractivity contribution in [3.63, 3.8) is 0 Å². The van der Waals surface area contributed by atoms with Gasteiger partial charge in [-0.3, -0.25) is 9.59 Å². The number of ether oxygens (including phenoxy) is 1. The maximum absolute atomic E-state index is 14.5. The number of hydrogen-bond donors (Lipinski definition) is 3. The molecule has 2 aromatic rings. The molecule has 2 fully saturated rings. The van der Waals surface area contributed by atoms with Crippen LogP contribution in [0.25, 0.3) is 0 Å². The van der Waals surface area contributed by atoms with E-state index in [4.69, 9.17) is 10.5 Å². The lowest BCUT2D eigenvalue weighted by atomic mass is 9.82. The van der Waals surface area contributed by atoms with Gasteiger partial charge in [-0.15, -0.1) is 0 Å². The maximum atomic E-state index is 14.5. The monoisotopic (exact) mass is 411 g/mol. The Bertz CT molecular complexity index is 1020. The van der Waals surface area contributed by atoms with E-state index in [1.54, 1.807) is 0 Å². The Morgan fingerprint density at radius 3 is 2.97 bits per heavy atom. The molecular formula is C21H22FN5O3. The van der Waals surface area contributed by atoms with Crippen LogP contribution in [0.4, 0.5) is 21.8 Å². The molecule has 2 aliphatic carbocycles. The van der Waals surface area contributed by atoms with Crippen molar-refractivity contribution >= 4 is 29.3 Å². The van der Waals surface area contributed by atoms with Crippen molar-refractivity contribution in [2.75, 3.05) is 10.6 Å². The van der Waals surface area contributed by atoms with Crippen LogP contribution < -0.4 is 16.4 Å². The SMILES string of the molecule is NC(=O)[C@H]1[C@H]2C[C@H]3[C@H]1Nc1nc(ncc1F)Nc1cccc(c1)CCC(=O)O[C@@H]3C2. The number of rotatable bonds is 1. The van der Waals surface area contributed by atoms with Gasteiger partial charge in [-0.1, -0.05) is 12.1 Å². The zero-order valence-corrected chi connectivity index (χ0v) is 16.2. The first kappa shape index (κ1) is 18.8. The van der Waals surface area contributed by atoms with Crippen molar-refractivity contribution in [1.29, 1.82) is 0 Å². The highest BCUT2D eigenvalue weighted by Crippen LogP contribution is 2.51. The Balaban J connectivity index is 1.53. The second-order valence-electron chi connectivity index (χ2n) is 8.24. The highest BCUT2D eigenvalue weighted by atomic mass is 19.1. The molecule has 1 aromatic heterocycles. The van der Waals surface area contributed by atoms with E-state index in [-0.39, 0.29) is 42.1 Å². The second-order valence-corrected chi connectivity index (χ2v) is 8.24. The molecule has 1 aromatic carbocycles. The number of anilines is 3. The van der Waals surface area contributed by atoms with Crippen LogP contribution in [0.3, 0.4) is 0 Å². The Hall–Kier alpha value is -3.23. The van der Waals surface area contributed by atoms with Crippen LogP contribution in [-0.2, 0) is 20.7 Å². The molecule has 30 heavy (non-hydrogen) atoms. The average molecular weight is 411 g/mol. The van der Waals surface area contributed by atoms with Gasteiger partial charge >= 0.3 is 5.97 Å². The fraction of sp³-hybridized carbons (Fsp3) is 0.429. The molecule has 3 aliphatic rings. The van der Waals surface area contributed by atoms with Crippen LogP contribution >= 0.6 is 0 Å². The van der Waals surface area contributed by atoms with Gasteiger partial charge in [-0.2, -0.15) is 4.98 Å². The van der Waals surface area contributed by atoms with E-state index in [1.807, 2.05) is 24.3 Å². The highest BCUT2D eigenvalue weighted by molar-refractivity contribution is 5.79. The number of halogens is 1. The Morgan fingerprint density at radius 2 is 2.13 bits per heavy atom. The van der Waals surface area contributed by atoms with Crippen LogP contribution in [0.2, 0.25) is 0 Å². The second kappa shape index (κ2) is 7.23. The van der Waals surface area contributed by atoms with Crippen molar-refractivity contribution < 1.29 is 18.7 Å². The number of hydrogen-bond acceptors (Lipinski definition) is 7. The van der Waals surface area contributed by atoms with Gasteiger partial charge in [-0.25, -0.2) is 9.37 Å². The molecule has 1 aliphatic heterocycles. The maximum Gasteiger partial charge on any atom is 0.306 e. The number of aromatic nitrogens is 2. The summed E-state index contributed by atoms with van der Waals surface area (Å²) < 4.78 is 20.3. The van der Waals surface area contributed by atoms with Crippen molar-refractivity contribution in [1.82, 2.24) is 9.97 Å². The van der Waals surface area contributed by atoms with Gasteiger partial charge in [0.05, 0.1) is 12.1 Å². The third kappa shape index (κ3) is 3.34. The smallest absolute Gasteiger partial charge is 0.306 e. The van der Waals surface area contributed by atoms with Gasteiger partial charge in [-0.05, 0) is 42.9 Å². The van der Waals surface area contributed by atoms with E-state index < -0.39 is 23.7 Å².